The molecule has 1 aromatic carbocycles. The zero-order valence-electron chi connectivity index (χ0n) is 26.5. The molecule has 0 unspecified atom stereocenters. The van der Waals surface area contributed by atoms with Gasteiger partial charge in [-0.3, -0.25) is 5.10 Å². The highest BCUT2D eigenvalue weighted by Crippen LogP contribution is 2.32. The van der Waals surface area contributed by atoms with E-state index in [1.54, 1.807) is 18.2 Å². The number of benzene rings is 1. The van der Waals surface area contributed by atoms with Gasteiger partial charge in [0.1, 0.15) is 12.4 Å². The molecular formula is C33H46FN7O. The Balaban J connectivity index is 0.000000572. The number of hydrogen-bond donors (Lipinski definition) is 3. The first-order valence-electron chi connectivity index (χ1n) is 14.4. The quantitative estimate of drug-likeness (QED) is 0.204. The Kier molecular flexibility index (Phi) is 15.9. The van der Waals surface area contributed by atoms with Crippen LogP contribution in [-0.4, -0.2) is 25.1 Å². The Bertz CT molecular complexity index is 1460. The first-order valence-corrected chi connectivity index (χ1v) is 14.4. The second-order valence-electron chi connectivity index (χ2n) is 9.84. The van der Waals surface area contributed by atoms with E-state index in [0.29, 0.717) is 16.7 Å². The van der Waals surface area contributed by atoms with E-state index in [0.717, 1.165) is 17.3 Å². The summed E-state index contributed by atoms with van der Waals surface area (Å²) in [7, 11) is 0. The lowest BCUT2D eigenvalue weighted by Crippen LogP contribution is -2.02. The summed E-state index contributed by atoms with van der Waals surface area (Å²) in [6.07, 6.45) is 9.17. The van der Waals surface area contributed by atoms with Crippen molar-refractivity contribution in [2.45, 2.75) is 81.6 Å². The number of ether oxygens (including phenoxy) is 1. The van der Waals surface area contributed by atoms with Crippen LogP contribution < -0.4 is 10.1 Å². The van der Waals surface area contributed by atoms with E-state index in [1.807, 2.05) is 59.8 Å². The minimum absolute atomic E-state index is 0.0345. The zero-order chi connectivity index (χ0) is 31.7. The maximum absolute atomic E-state index is 14.8. The van der Waals surface area contributed by atoms with Gasteiger partial charge < -0.3 is 15.0 Å². The molecule has 0 aliphatic heterocycles. The minimum Gasteiger partial charge on any atom is -0.434 e. The highest BCUT2D eigenvalue weighted by atomic mass is 19.1. The summed E-state index contributed by atoms with van der Waals surface area (Å²) in [5.74, 6) is 1.13. The maximum atomic E-state index is 14.8. The summed E-state index contributed by atoms with van der Waals surface area (Å²) in [5, 5.41) is 19.9. The van der Waals surface area contributed by atoms with Gasteiger partial charge in [0, 0.05) is 22.7 Å². The van der Waals surface area contributed by atoms with Gasteiger partial charge in [0.15, 0.2) is 28.8 Å². The van der Waals surface area contributed by atoms with Gasteiger partial charge in [-0.15, -0.1) is 6.58 Å². The number of hydrogen-bond acceptors (Lipinski definition) is 6. The molecule has 1 aliphatic rings. The Hall–Kier alpha value is -4.45. The second kappa shape index (κ2) is 18.8. The summed E-state index contributed by atoms with van der Waals surface area (Å²) >= 11 is 0. The molecule has 1 aliphatic carbocycles. The number of nitrogens with one attached hydrogen (secondary N) is 3. The number of H-pyrrole nitrogens is 2. The van der Waals surface area contributed by atoms with Crippen molar-refractivity contribution in [3.63, 3.8) is 0 Å². The fourth-order valence-corrected chi connectivity index (χ4v) is 3.07. The van der Waals surface area contributed by atoms with Gasteiger partial charge in [0.2, 0.25) is 5.88 Å². The lowest BCUT2D eigenvalue weighted by molar-refractivity contribution is 0.428. The Morgan fingerprint density at radius 3 is 2.38 bits per heavy atom. The topological polar surface area (TPSA) is 115 Å². The van der Waals surface area contributed by atoms with E-state index in [-0.39, 0.29) is 23.0 Å². The number of fused-ring (bicyclic) bond motifs is 1. The monoisotopic (exact) mass is 575 g/mol. The molecule has 0 saturated heterocycles. The van der Waals surface area contributed by atoms with Crippen LogP contribution in [0.3, 0.4) is 0 Å². The zero-order valence-corrected chi connectivity index (χ0v) is 26.5. The van der Waals surface area contributed by atoms with Gasteiger partial charge in [0.25, 0.3) is 0 Å². The van der Waals surface area contributed by atoms with Crippen molar-refractivity contribution in [1.82, 2.24) is 25.1 Å². The molecule has 3 N–H and O–H groups in total. The third-order valence-electron chi connectivity index (χ3n) is 5.02. The van der Waals surface area contributed by atoms with Crippen LogP contribution in [0.4, 0.5) is 16.0 Å². The van der Waals surface area contributed by atoms with Crippen molar-refractivity contribution in [3.05, 3.63) is 71.6 Å². The van der Waals surface area contributed by atoms with E-state index < -0.39 is 5.82 Å². The largest absolute Gasteiger partial charge is 0.434 e. The van der Waals surface area contributed by atoms with Gasteiger partial charge >= 0.3 is 0 Å². The third-order valence-corrected chi connectivity index (χ3v) is 5.02. The number of nitrogens with zero attached hydrogens (tertiary/aromatic N) is 4. The predicted octanol–water partition coefficient (Wildman–Crippen LogP) is 10.0. The first-order chi connectivity index (χ1) is 20.1. The Morgan fingerprint density at radius 2 is 1.83 bits per heavy atom. The smallest absolute Gasteiger partial charge is 0.242 e. The van der Waals surface area contributed by atoms with E-state index >= 15 is 0 Å². The molecule has 42 heavy (non-hydrogen) atoms. The van der Waals surface area contributed by atoms with Crippen molar-refractivity contribution in [2.75, 3.05) is 5.32 Å². The molecule has 0 bridgehead atoms. The van der Waals surface area contributed by atoms with Crippen LogP contribution in [0.15, 0.2) is 48.8 Å². The van der Waals surface area contributed by atoms with Crippen molar-refractivity contribution in [3.8, 4) is 17.7 Å². The van der Waals surface area contributed by atoms with Gasteiger partial charge in [-0.05, 0) is 57.9 Å². The summed E-state index contributed by atoms with van der Waals surface area (Å²) in [4.78, 5) is 11.1. The highest BCUT2D eigenvalue weighted by molar-refractivity contribution is 5.83. The van der Waals surface area contributed by atoms with Crippen molar-refractivity contribution < 1.29 is 9.13 Å². The lowest BCUT2D eigenvalue weighted by atomic mass is 10.2. The summed E-state index contributed by atoms with van der Waals surface area (Å²) < 4.78 is 20.4. The molecule has 1 fully saturated rings. The average molecular weight is 576 g/mol. The molecule has 226 valence electrons. The molecule has 3 aromatic heterocycles. The number of anilines is 2. The Labute approximate surface area is 250 Å². The molecule has 0 amide bonds. The number of allylic oxidation sites excluding steroid dienone is 2. The molecule has 0 spiro atoms. The van der Waals surface area contributed by atoms with Crippen LogP contribution in [0.1, 0.15) is 91.6 Å². The Morgan fingerprint density at radius 1 is 1.21 bits per heavy atom. The van der Waals surface area contributed by atoms with Gasteiger partial charge in [-0.1, -0.05) is 65.5 Å². The van der Waals surface area contributed by atoms with Crippen LogP contribution in [-0.2, 0) is 0 Å². The number of nitriles is 1. The highest BCUT2D eigenvalue weighted by Gasteiger charge is 2.18. The van der Waals surface area contributed by atoms with Crippen LogP contribution in [0.25, 0.3) is 17.0 Å². The van der Waals surface area contributed by atoms with Gasteiger partial charge in [0.05, 0.1) is 5.69 Å². The molecule has 1 saturated carbocycles. The van der Waals surface area contributed by atoms with Crippen LogP contribution in [0.2, 0.25) is 0 Å². The van der Waals surface area contributed by atoms with Gasteiger partial charge in [-0.2, -0.15) is 10.4 Å². The SMILES string of the molecule is C/C=C/c1cc(Nc2ncnc(Oc3ccc4[nH]c(C)cc4c3F)c2C#N)n[nH]1.C=C(C)C.CC.CC1CC1.CCC. The second-order valence-corrected chi connectivity index (χ2v) is 9.84. The molecule has 5 rings (SSSR count). The van der Waals surface area contributed by atoms with Crippen LogP contribution >= 0.6 is 0 Å². The molecule has 0 radical (unpaired) electrons. The molecule has 0 atom stereocenters. The number of halogens is 1. The molecule has 9 heteroatoms. The standard InChI is InChI=1S/C20H16FN7O.2C4H8.C3H8.C2H6/c1-3-4-12-8-17(28-27-12)26-19-14(9-22)20(24-10-23-19)29-16-6-5-15-13(18(16)21)7-11(2)25-15;1-4-2-3-4;1-4(2)3;1-3-2;1-2/h3-8,10,25H,1-2H3,(H2,23,24,26,27,28);4H,2-3H2,1H3;1H2,2-3H3;3H2,1-2H3;1-2H3/b4-3+;;;;. The predicted molar refractivity (Wildman–Crippen MR) is 173 cm³/mol. The molecule has 3 heterocycles. The van der Waals surface area contributed by atoms with E-state index in [9.17, 15) is 9.65 Å². The number of aromatic nitrogens is 5. The van der Waals surface area contributed by atoms with E-state index in [4.69, 9.17) is 4.74 Å². The van der Waals surface area contributed by atoms with Crippen LogP contribution in [0.5, 0.6) is 11.6 Å². The fourth-order valence-electron chi connectivity index (χ4n) is 3.07. The summed E-state index contributed by atoms with van der Waals surface area (Å²) in [6.45, 7) is 21.8. The normalized spacial score (nSPS) is 11.4. The lowest BCUT2D eigenvalue weighted by Gasteiger charge is -2.10. The van der Waals surface area contributed by atoms with Crippen molar-refractivity contribution in [2.24, 2.45) is 5.92 Å². The van der Waals surface area contributed by atoms with Crippen molar-refractivity contribution >= 4 is 28.6 Å². The van der Waals surface area contributed by atoms with Crippen molar-refractivity contribution in [1.29, 1.82) is 5.26 Å². The molecule has 8 nitrogen and oxygen atoms in total. The number of aromatic amines is 2. The third kappa shape index (κ3) is 12.0. The number of rotatable bonds is 5. The average Bonchev–Trinajstić information content (AvgIpc) is 3.44. The molecule has 4 aromatic rings. The van der Waals surface area contributed by atoms with E-state index in [2.05, 4.69) is 57.8 Å². The summed E-state index contributed by atoms with van der Waals surface area (Å²) in [5.41, 5.74) is 3.48. The number of aryl methyl sites for hydroxylation is 1. The fraction of sp³-hybridized carbons (Fsp3) is 0.394. The van der Waals surface area contributed by atoms with Crippen LogP contribution in [0, 0.1) is 30.0 Å². The van der Waals surface area contributed by atoms with E-state index in [1.165, 1.54) is 37.2 Å². The maximum Gasteiger partial charge on any atom is 0.242 e. The first kappa shape index (κ1) is 35.6. The summed E-state index contributed by atoms with van der Waals surface area (Å²) in [6, 6.07) is 8.65. The van der Waals surface area contributed by atoms with Gasteiger partial charge in [-0.25, -0.2) is 14.4 Å². The minimum atomic E-state index is -0.535. The molecular weight excluding hydrogens is 529 g/mol.